The molecule has 2 N–H and O–H groups in total. The molecule has 0 aromatic heterocycles. The van der Waals surface area contributed by atoms with Crippen molar-refractivity contribution >= 4 is 15.9 Å². The summed E-state index contributed by atoms with van der Waals surface area (Å²) in [5.41, 5.74) is 9.38. The standard InChI is InChI=1S/C17H20BrNO/c1-12-5-3-7-15(9-13(2)19)17(12)20-11-14-6-4-8-16(18)10-14/h3-8,10,13H,9,11,19H2,1-2H3. The second-order valence-corrected chi connectivity index (χ2v) is 6.08. The molecule has 0 aliphatic carbocycles. The third-order valence-corrected chi connectivity index (χ3v) is 3.60. The highest BCUT2D eigenvalue weighted by atomic mass is 79.9. The molecule has 0 fully saturated rings. The zero-order valence-electron chi connectivity index (χ0n) is 11.9. The zero-order chi connectivity index (χ0) is 14.5. The molecule has 0 radical (unpaired) electrons. The summed E-state index contributed by atoms with van der Waals surface area (Å²) >= 11 is 3.48. The largest absolute Gasteiger partial charge is 0.488 e. The molecule has 0 saturated heterocycles. The zero-order valence-corrected chi connectivity index (χ0v) is 13.5. The number of para-hydroxylation sites is 1. The fraction of sp³-hybridized carbons (Fsp3) is 0.294. The van der Waals surface area contributed by atoms with Gasteiger partial charge in [0.15, 0.2) is 0 Å². The van der Waals surface area contributed by atoms with Crippen LogP contribution in [0.1, 0.15) is 23.6 Å². The van der Waals surface area contributed by atoms with Crippen LogP contribution in [0.5, 0.6) is 5.75 Å². The number of hydrogen-bond donors (Lipinski definition) is 1. The minimum Gasteiger partial charge on any atom is -0.488 e. The summed E-state index contributed by atoms with van der Waals surface area (Å²) in [5, 5.41) is 0. The number of rotatable bonds is 5. The van der Waals surface area contributed by atoms with Gasteiger partial charge in [-0.3, -0.25) is 0 Å². The monoisotopic (exact) mass is 333 g/mol. The van der Waals surface area contributed by atoms with Crippen LogP contribution in [-0.4, -0.2) is 6.04 Å². The maximum absolute atomic E-state index is 6.03. The van der Waals surface area contributed by atoms with Crippen LogP contribution in [0.2, 0.25) is 0 Å². The van der Waals surface area contributed by atoms with E-state index in [9.17, 15) is 0 Å². The predicted molar refractivity (Wildman–Crippen MR) is 87.0 cm³/mol. The second-order valence-electron chi connectivity index (χ2n) is 5.16. The Morgan fingerprint density at radius 1 is 1.20 bits per heavy atom. The van der Waals surface area contributed by atoms with Crippen LogP contribution >= 0.6 is 15.9 Å². The van der Waals surface area contributed by atoms with Gasteiger partial charge in [-0.15, -0.1) is 0 Å². The Balaban J connectivity index is 2.16. The summed E-state index contributed by atoms with van der Waals surface area (Å²) in [6, 6.07) is 14.5. The van der Waals surface area contributed by atoms with Crippen molar-refractivity contribution < 1.29 is 4.74 Å². The highest BCUT2D eigenvalue weighted by Gasteiger charge is 2.09. The number of benzene rings is 2. The molecule has 0 aliphatic heterocycles. The Bertz CT molecular complexity index is 581. The maximum Gasteiger partial charge on any atom is 0.125 e. The van der Waals surface area contributed by atoms with E-state index in [1.165, 1.54) is 5.56 Å². The first kappa shape index (κ1) is 15.1. The van der Waals surface area contributed by atoms with Gasteiger partial charge in [0, 0.05) is 10.5 Å². The average molecular weight is 334 g/mol. The fourth-order valence-electron chi connectivity index (χ4n) is 2.21. The Hall–Kier alpha value is -1.32. The molecule has 1 atom stereocenters. The van der Waals surface area contributed by atoms with E-state index >= 15 is 0 Å². The van der Waals surface area contributed by atoms with Gasteiger partial charge in [-0.2, -0.15) is 0 Å². The second kappa shape index (κ2) is 6.91. The summed E-state index contributed by atoms with van der Waals surface area (Å²) in [6.07, 6.45) is 0.829. The van der Waals surface area contributed by atoms with Gasteiger partial charge in [-0.05, 0) is 49.1 Å². The van der Waals surface area contributed by atoms with Gasteiger partial charge in [0.25, 0.3) is 0 Å². The van der Waals surface area contributed by atoms with Gasteiger partial charge >= 0.3 is 0 Å². The van der Waals surface area contributed by atoms with Gasteiger partial charge < -0.3 is 10.5 Å². The number of halogens is 1. The molecule has 3 heteroatoms. The van der Waals surface area contributed by atoms with Crippen molar-refractivity contribution in [1.82, 2.24) is 0 Å². The highest BCUT2D eigenvalue weighted by Crippen LogP contribution is 2.26. The Morgan fingerprint density at radius 2 is 1.95 bits per heavy atom. The fourth-order valence-corrected chi connectivity index (χ4v) is 2.66. The lowest BCUT2D eigenvalue weighted by molar-refractivity contribution is 0.300. The lowest BCUT2D eigenvalue weighted by atomic mass is 10.0. The third-order valence-electron chi connectivity index (χ3n) is 3.11. The van der Waals surface area contributed by atoms with Crippen LogP contribution in [0, 0.1) is 6.92 Å². The molecular weight excluding hydrogens is 314 g/mol. The molecule has 2 aromatic carbocycles. The first-order valence-electron chi connectivity index (χ1n) is 6.77. The summed E-state index contributed by atoms with van der Waals surface area (Å²) < 4.78 is 7.10. The van der Waals surface area contributed by atoms with Gasteiger partial charge in [0.2, 0.25) is 0 Å². The van der Waals surface area contributed by atoms with Gasteiger partial charge in [0.1, 0.15) is 12.4 Å². The molecular formula is C17H20BrNO. The molecule has 1 unspecified atom stereocenters. The molecule has 2 nitrogen and oxygen atoms in total. The van der Waals surface area contributed by atoms with E-state index in [4.69, 9.17) is 10.5 Å². The predicted octanol–water partition coefficient (Wildman–Crippen LogP) is 4.23. The molecule has 0 saturated carbocycles. The van der Waals surface area contributed by atoms with E-state index in [0.29, 0.717) is 6.61 Å². The normalized spacial score (nSPS) is 12.2. The van der Waals surface area contributed by atoms with Crippen LogP contribution < -0.4 is 10.5 Å². The van der Waals surface area contributed by atoms with E-state index in [2.05, 4.69) is 53.2 Å². The number of hydrogen-bond acceptors (Lipinski definition) is 2. The Kier molecular flexibility index (Phi) is 5.21. The minimum atomic E-state index is 0.130. The van der Waals surface area contributed by atoms with Crippen molar-refractivity contribution in [2.24, 2.45) is 5.73 Å². The minimum absolute atomic E-state index is 0.130. The Labute approximate surface area is 129 Å². The number of aryl methyl sites for hydroxylation is 1. The average Bonchev–Trinajstić information content (AvgIpc) is 2.37. The van der Waals surface area contributed by atoms with Crippen LogP contribution in [0.15, 0.2) is 46.9 Å². The van der Waals surface area contributed by atoms with Crippen molar-refractivity contribution in [3.8, 4) is 5.75 Å². The molecule has 2 rings (SSSR count). The number of nitrogens with two attached hydrogens (primary N) is 1. The van der Waals surface area contributed by atoms with Crippen molar-refractivity contribution in [3.05, 3.63) is 63.6 Å². The first-order valence-corrected chi connectivity index (χ1v) is 7.57. The maximum atomic E-state index is 6.03. The van der Waals surface area contributed by atoms with E-state index in [1.54, 1.807) is 0 Å². The molecule has 0 spiro atoms. The molecule has 0 aliphatic rings. The van der Waals surface area contributed by atoms with Crippen molar-refractivity contribution in [2.75, 3.05) is 0 Å². The molecule has 0 bridgehead atoms. The van der Waals surface area contributed by atoms with Gasteiger partial charge in [-0.1, -0.05) is 46.3 Å². The highest BCUT2D eigenvalue weighted by molar-refractivity contribution is 9.10. The van der Waals surface area contributed by atoms with Crippen LogP contribution in [0.3, 0.4) is 0 Å². The molecule has 106 valence electrons. The van der Waals surface area contributed by atoms with Crippen molar-refractivity contribution in [3.63, 3.8) is 0 Å². The lowest BCUT2D eigenvalue weighted by Crippen LogP contribution is -2.18. The van der Waals surface area contributed by atoms with E-state index in [0.717, 1.165) is 27.8 Å². The van der Waals surface area contributed by atoms with Gasteiger partial charge in [-0.25, -0.2) is 0 Å². The van der Waals surface area contributed by atoms with Crippen molar-refractivity contribution in [1.29, 1.82) is 0 Å². The van der Waals surface area contributed by atoms with Crippen molar-refractivity contribution in [2.45, 2.75) is 32.9 Å². The van der Waals surface area contributed by atoms with Crippen LogP contribution in [0.4, 0.5) is 0 Å². The smallest absolute Gasteiger partial charge is 0.125 e. The molecule has 0 heterocycles. The molecule has 2 aromatic rings. The lowest BCUT2D eigenvalue weighted by Gasteiger charge is -2.15. The summed E-state index contributed by atoms with van der Waals surface area (Å²) in [4.78, 5) is 0. The van der Waals surface area contributed by atoms with E-state index in [1.807, 2.05) is 19.1 Å². The SMILES string of the molecule is Cc1cccc(CC(C)N)c1OCc1cccc(Br)c1. The third kappa shape index (κ3) is 4.09. The van der Waals surface area contributed by atoms with E-state index in [-0.39, 0.29) is 6.04 Å². The molecule has 20 heavy (non-hydrogen) atoms. The Morgan fingerprint density at radius 3 is 2.65 bits per heavy atom. The number of ether oxygens (including phenoxy) is 1. The summed E-state index contributed by atoms with van der Waals surface area (Å²) in [7, 11) is 0. The van der Waals surface area contributed by atoms with E-state index < -0.39 is 0 Å². The van der Waals surface area contributed by atoms with Crippen LogP contribution in [0.25, 0.3) is 0 Å². The quantitative estimate of drug-likeness (QED) is 0.888. The topological polar surface area (TPSA) is 35.2 Å². The van der Waals surface area contributed by atoms with Gasteiger partial charge in [0.05, 0.1) is 0 Å². The first-order chi connectivity index (χ1) is 9.56. The summed E-state index contributed by atoms with van der Waals surface area (Å²) in [6.45, 7) is 4.65. The van der Waals surface area contributed by atoms with Crippen LogP contribution in [-0.2, 0) is 13.0 Å². The summed E-state index contributed by atoms with van der Waals surface area (Å²) in [5.74, 6) is 0.963. The molecule has 0 amide bonds.